The molecule has 1 saturated heterocycles. The largest absolute Gasteiger partial charge is 0.496 e. The zero-order valence-corrected chi connectivity index (χ0v) is 20.3. The summed E-state index contributed by atoms with van der Waals surface area (Å²) in [5.41, 5.74) is 5.01. The lowest BCUT2D eigenvalue weighted by Crippen LogP contribution is -2.42. The lowest BCUT2D eigenvalue weighted by Gasteiger charge is -2.34. The summed E-state index contributed by atoms with van der Waals surface area (Å²) in [5.74, 6) is 2.52. The molecule has 2 aliphatic heterocycles. The molecule has 1 N–H and O–H groups in total. The van der Waals surface area contributed by atoms with Crippen molar-refractivity contribution in [3.8, 4) is 5.75 Å². The molecule has 1 aromatic heterocycles. The van der Waals surface area contributed by atoms with E-state index in [-0.39, 0.29) is 6.03 Å². The fraction of sp³-hybridized carbons (Fsp3) is 0.370. The number of fused-ring (bicyclic) bond motifs is 1. The molecule has 2 amide bonds. The van der Waals surface area contributed by atoms with Crippen molar-refractivity contribution in [3.05, 3.63) is 76.7 Å². The van der Waals surface area contributed by atoms with Gasteiger partial charge in [0.25, 0.3) is 0 Å². The van der Waals surface area contributed by atoms with Crippen LogP contribution in [0.5, 0.6) is 5.75 Å². The first kappa shape index (κ1) is 23.1. The van der Waals surface area contributed by atoms with E-state index in [1.807, 2.05) is 60.4 Å². The van der Waals surface area contributed by atoms with Crippen molar-refractivity contribution in [3.63, 3.8) is 0 Å². The number of nitrogens with zero attached hydrogens (tertiary/aromatic N) is 4. The molecule has 0 saturated carbocycles. The zero-order chi connectivity index (χ0) is 24.2. The minimum absolute atomic E-state index is 0.104. The van der Waals surface area contributed by atoms with Crippen LogP contribution in [-0.4, -0.2) is 60.9 Å². The van der Waals surface area contributed by atoms with Crippen LogP contribution < -0.4 is 15.0 Å². The summed E-state index contributed by atoms with van der Waals surface area (Å²) < 4.78 is 11.1. The minimum atomic E-state index is -0.104. The minimum Gasteiger partial charge on any atom is -0.496 e. The summed E-state index contributed by atoms with van der Waals surface area (Å²) in [4.78, 5) is 27.1. The van der Waals surface area contributed by atoms with E-state index in [0.717, 1.165) is 58.6 Å². The van der Waals surface area contributed by atoms with Gasteiger partial charge in [0.2, 0.25) is 0 Å². The Hall–Kier alpha value is -3.65. The number of amides is 2. The maximum absolute atomic E-state index is 13.1. The molecule has 0 radical (unpaired) electrons. The molecule has 0 atom stereocenters. The smallest absolute Gasteiger partial charge is 0.322 e. The molecule has 8 heteroatoms. The molecular formula is C27H31N5O3. The second-order valence-corrected chi connectivity index (χ2v) is 8.95. The quantitative estimate of drug-likeness (QED) is 0.607. The second kappa shape index (κ2) is 10.3. The summed E-state index contributed by atoms with van der Waals surface area (Å²) in [5, 5.41) is 3.04. The van der Waals surface area contributed by atoms with Crippen LogP contribution in [0.1, 0.15) is 28.2 Å². The van der Waals surface area contributed by atoms with Crippen molar-refractivity contribution < 1.29 is 14.3 Å². The van der Waals surface area contributed by atoms with Gasteiger partial charge in [-0.05, 0) is 30.7 Å². The van der Waals surface area contributed by atoms with Crippen LogP contribution in [0.4, 0.5) is 16.3 Å². The maximum atomic E-state index is 13.1. The van der Waals surface area contributed by atoms with Gasteiger partial charge in [0.15, 0.2) is 0 Å². The number of carbonyl (C=O) groups excluding carboxylic acids is 1. The van der Waals surface area contributed by atoms with E-state index < -0.39 is 0 Å². The standard InChI is InChI=1S/C27H31N5O3/c1-19-6-5-8-21(16-19)28-27(33)32-11-10-23-22(18-32)26(31-12-14-35-15-13-31)30-25(29-23)17-20-7-3-4-9-24(20)34-2/h3-9,16H,10-15,17-18H2,1-2H3,(H,28,33). The van der Waals surface area contributed by atoms with Gasteiger partial charge in [0, 0.05) is 49.3 Å². The molecule has 0 spiro atoms. The average Bonchev–Trinajstić information content (AvgIpc) is 2.89. The second-order valence-electron chi connectivity index (χ2n) is 8.95. The lowest BCUT2D eigenvalue weighted by atomic mass is 10.0. The predicted molar refractivity (Wildman–Crippen MR) is 135 cm³/mol. The van der Waals surface area contributed by atoms with Crippen LogP contribution >= 0.6 is 0 Å². The molecule has 3 heterocycles. The summed E-state index contributed by atoms with van der Waals surface area (Å²) in [6.45, 7) is 5.98. The van der Waals surface area contributed by atoms with Gasteiger partial charge in [-0.15, -0.1) is 0 Å². The molecule has 2 aliphatic rings. The number of hydrogen-bond acceptors (Lipinski definition) is 6. The third-order valence-corrected chi connectivity index (χ3v) is 6.49. The topological polar surface area (TPSA) is 79.8 Å². The van der Waals surface area contributed by atoms with Gasteiger partial charge >= 0.3 is 6.03 Å². The highest BCUT2D eigenvalue weighted by Crippen LogP contribution is 2.29. The number of benzene rings is 2. The summed E-state index contributed by atoms with van der Waals surface area (Å²) >= 11 is 0. The number of urea groups is 1. The number of aryl methyl sites for hydroxylation is 1. The predicted octanol–water partition coefficient (Wildman–Crippen LogP) is 3.81. The number of para-hydroxylation sites is 1. The molecule has 3 aromatic rings. The molecule has 0 unspecified atom stereocenters. The Labute approximate surface area is 205 Å². The van der Waals surface area contributed by atoms with E-state index in [0.29, 0.717) is 39.1 Å². The Balaban J connectivity index is 1.43. The monoisotopic (exact) mass is 473 g/mol. The number of hydrogen-bond donors (Lipinski definition) is 1. The van der Waals surface area contributed by atoms with Gasteiger partial charge in [0.05, 0.1) is 32.6 Å². The molecule has 0 bridgehead atoms. The number of methoxy groups -OCH3 is 1. The number of aromatic nitrogens is 2. The van der Waals surface area contributed by atoms with Crippen molar-refractivity contribution in [1.82, 2.24) is 14.9 Å². The normalized spacial score (nSPS) is 15.5. The molecule has 0 aliphatic carbocycles. The Morgan fingerprint density at radius 1 is 1.09 bits per heavy atom. The fourth-order valence-corrected chi connectivity index (χ4v) is 4.68. The first-order valence-electron chi connectivity index (χ1n) is 12.1. The van der Waals surface area contributed by atoms with Crippen molar-refractivity contribution in [2.45, 2.75) is 26.3 Å². The number of rotatable bonds is 5. The number of nitrogens with one attached hydrogen (secondary N) is 1. The van der Waals surface area contributed by atoms with E-state index in [9.17, 15) is 4.79 Å². The molecule has 8 nitrogen and oxygen atoms in total. The van der Waals surface area contributed by atoms with Crippen LogP contribution in [0.15, 0.2) is 48.5 Å². The Bertz CT molecular complexity index is 1210. The Morgan fingerprint density at radius 3 is 2.71 bits per heavy atom. The molecule has 2 aromatic carbocycles. The Morgan fingerprint density at radius 2 is 1.91 bits per heavy atom. The van der Waals surface area contributed by atoms with E-state index in [1.165, 1.54) is 0 Å². The highest BCUT2D eigenvalue weighted by atomic mass is 16.5. The van der Waals surface area contributed by atoms with Crippen LogP contribution in [-0.2, 0) is 24.1 Å². The van der Waals surface area contributed by atoms with E-state index in [2.05, 4.69) is 10.2 Å². The molecule has 5 rings (SSSR count). The first-order valence-corrected chi connectivity index (χ1v) is 12.1. The molecule has 35 heavy (non-hydrogen) atoms. The van der Waals surface area contributed by atoms with Gasteiger partial charge in [-0.1, -0.05) is 30.3 Å². The maximum Gasteiger partial charge on any atom is 0.322 e. The average molecular weight is 474 g/mol. The SMILES string of the molecule is COc1ccccc1Cc1nc2c(c(N3CCOCC3)n1)CN(C(=O)Nc1cccc(C)c1)CC2. The lowest BCUT2D eigenvalue weighted by molar-refractivity contribution is 0.122. The zero-order valence-electron chi connectivity index (χ0n) is 20.3. The van der Waals surface area contributed by atoms with Gasteiger partial charge in [-0.25, -0.2) is 14.8 Å². The van der Waals surface area contributed by atoms with Crippen LogP contribution in [0.2, 0.25) is 0 Å². The third kappa shape index (κ3) is 5.22. The summed E-state index contributed by atoms with van der Waals surface area (Å²) in [7, 11) is 1.68. The summed E-state index contributed by atoms with van der Waals surface area (Å²) in [6.07, 6.45) is 1.28. The van der Waals surface area contributed by atoms with Crippen molar-refractivity contribution >= 4 is 17.5 Å². The summed E-state index contributed by atoms with van der Waals surface area (Å²) in [6, 6.07) is 15.7. The van der Waals surface area contributed by atoms with Gasteiger partial charge in [-0.2, -0.15) is 0 Å². The van der Waals surface area contributed by atoms with Crippen molar-refractivity contribution in [2.24, 2.45) is 0 Å². The van der Waals surface area contributed by atoms with Crippen LogP contribution in [0, 0.1) is 6.92 Å². The van der Waals surface area contributed by atoms with E-state index in [1.54, 1.807) is 7.11 Å². The molecule has 1 fully saturated rings. The van der Waals surface area contributed by atoms with Crippen molar-refractivity contribution in [1.29, 1.82) is 0 Å². The number of anilines is 2. The number of ether oxygens (including phenoxy) is 2. The Kier molecular flexibility index (Phi) is 6.81. The van der Waals surface area contributed by atoms with Gasteiger partial charge < -0.3 is 24.6 Å². The highest BCUT2D eigenvalue weighted by molar-refractivity contribution is 5.89. The fourth-order valence-electron chi connectivity index (χ4n) is 4.68. The van der Waals surface area contributed by atoms with Crippen LogP contribution in [0.3, 0.4) is 0 Å². The third-order valence-electron chi connectivity index (χ3n) is 6.49. The van der Waals surface area contributed by atoms with E-state index in [4.69, 9.17) is 19.4 Å². The highest BCUT2D eigenvalue weighted by Gasteiger charge is 2.28. The van der Waals surface area contributed by atoms with Crippen molar-refractivity contribution in [2.75, 3.05) is 50.2 Å². The van der Waals surface area contributed by atoms with Crippen LogP contribution in [0.25, 0.3) is 0 Å². The van der Waals surface area contributed by atoms with Gasteiger partial charge in [0.1, 0.15) is 17.4 Å². The number of morpholine rings is 1. The first-order chi connectivity index (χ1) is 17.1. The molecule has 182 valence electrons. The number of carbonyl (C=O) groups is 1. The van der Waals surface area contributed by atoms with E-state index >= 15 is 0 Å². The van der Waals surface area contributed by atoms with Gasteiger partial charge in [-0.3, -0.25) is 0 Å². The molecular weight excluding hydrogens is 442 g/mol.